The number of hydrogen-bond donors (Lipinski definition) is 1. The van der Waals surface area contributed by atoms with Crippen molar-refractivity contribution in [3.63, 3.8) is 0 Å². The maximum atomic E-state index is 5.79. The summed E-state index contributed by atoms with van der Waals surface area (Å²) in [5, 5.41) is 8.15. The number of hydrogen-bond acceptors (Lipinski definition) is 3. The molecule has 4 heteroatoms. The molecule has 0 unspecified atom stereocenters. The summed E-state index contributed by atoms with van der Waals surface area (Å²) < 4.78 is 5.79. The van der Waals surface area contributed by atoms with E-state index in [1.54, 1.807) is 6.20 Å². The predicted octanol–water partition coefficient (Wildman–Crippen LogP) is 2.20. The number of aryl methyl sites for hydroxylation is 1. The minimum atomic E-state index is 0.0261. The Balaban J connectivity index is 2.01. The summed E-state index contributed by atoms with van der Waals surface area (Å²) in [6.07, 6.45) is 3.99. The molecule has 2 heterocycles. The lowest BCUT2D eigenvalue weighted by molar-refractivity contribution is 0.192. The Morgan fingerprint density at radius 3 is 3.00 bits per heavy atom. The van der Waals surface area contributed by atoms with Crippen molar-refractivity contribution in [3.8, 4) is 5.88 Å². The Morgan fingerprint density at radius 2 is 2.27 bits per heavy atom. The van der Waals surface area contributed by atoms with E-state index < -0.39 is 0 Å². The molecular formula is C11H13N3O. The SMILES string of the molecule is Cc1[nH]nc2cnc(OC3(C)CC3)cc12. The first-order valence-electron chi connectivity index (χ1n) is 5.16. The lowest BCUT2D eigenvalue weighted by Gasteiger charge is -2.10. The van der Waals surface area contributed by atoms with Crippen LogP contribution in [0, 0.1) is 6.92 Å². The third-order valence-corrected chi connectivity index (χ3v) is 2.91. The molecule has 0 atom stereocenters. The summed E-state index contributed by atoms with van der Waals surface area (Å²) in [5.41, 5.74) is 1.97. The highest BCUT2D eigenvalue weighted by Gasteiger charge is 2.40. The number of ether oxygens (including phenoxy) is 1. The molecule has 15 heavy (non-hydrogen) atoms. The largest absolute Gasteiger partial charge is 0.471 e. The van der Waals surface area contributed by atoms with Crippen LogP contribution in [0.15, 0.2) is 12.3 Å². The van der Waals surface area contributed by atoms with Gasteiger partial charge in [-0.2, -0.15) is 5.10 Å². The van der Waals surface area contributed by atoms with Gasteiger partial charge in [0.25, 0.3) is 0 Å². The van der Waals surface area contributed by atoms with Gasteiger partial charge in [0, 0.05) is 17.1 Å². The van der Waals surface area contributed by atoms with Gasteiger partial charge in [-0.05, 0) is 26.7 Å². The number of pyridine rings is 1. The molecule has 0 amide bonds. The highest BCUT2D eigenvalue weighted by atomic mass is 16.5. The Morgan fingerprint density at radius 1 is 1.47 bits per heavy atom. The second-order valence-corrected chi connectivity index (χ2v) is 4.44. The van der Waals surface area contributed by atoms with Gasteiger partial charge in [-0.3, -0.25) is 5.10 Å². The van der Waals surface area contributed by atoms with Crippen molar-refractivity contribution >= 4 is 10.9 Å². The van der Waals surface area contributed by atoms with Crippen LogP contribution in [0.5, 0.6) is 5.88 Å². The normalized spacial score (nSPS) is 18.0. The Bertz CT molecular complexity index is 514. The molecule has 2 aromatic heterocycles. The number of H-pyrrole nitrogens is 1. The van der Waals surface area contributed by atoms with Crippen LogP contribution in [0.1, 0.15) is 25.5 Å². The second kappa shape index (κ2) is 2.72. The molecule has 1 aliphatic rings. The van der Waals surface area contributed by atoms with Crippen LogP contribution in [0.4, 0.5) is 0 Å². The van der Waals surface area contributed by atoms with Gasteiger partial charge in [0.2, 0.25) is 5.88 Å². The van der Waals surface area contributed by atoms with Crippen molar-refractivity contribution in [1.29, 1.82) is 0 Å². The number of aromatic nitrogens is 3. The zero-order chi connectivity index (χ0) is 10.5. The third-order valence-electron chi connectivity index (χ3n) is 2.91. The average molecular weight is 203 g/mol. The molecule has 1 aliphatic carbocycles. The Kier molecular flexibility index (Phi) is 1.58. The number of nitrogens with one attached hydrogen (secondary N) is 1. The molecule has 1 fully saturated rings. The van der Waals surface area contributed by atoms with Crippen molar-refractivity contribution in [1.82, 2.24) is 15.2 Å². The van der Waals surface area contributed by atoms with Crippen molar-refractivity contribution < 1.29 is 4.74 Å². The molecule has 3 rings (SSSR count). The Labute approximate surface area is 87.7 Å². The molecule has 0 bridgehead atoms. The fourth-order valence-electron chi connectivity index (χ4n) is 1.61. The van der Waals surface area contributed by atoms with E-state index in [0.717, 1.165) is 29.4 Å². The van der Waals surface area contributed by atoms with E-state index >= 15 is 0 Å². The van der Waals surface area contributed by atoms with E-state index in [4.69, 9.17) is 4.74 Å². The second-order valence-electron chi connectivity index (χ2n) is 4.44. The molecule has 1 N–H and O–H groups in total. The van der Waals surface area contributed by atoms with Crippen LogP contribution < -0.4 is 4.74 Å². The van der Waals surface area contributed by atoms with Crippen LogP contribution in [0.25, 0.3) is 10.9 Å². The van der Waals surface area contributed by atoms with Crippen molar-refractivity contribution in [2.24, 2.45) is 0 Å². The van der Waals surface area contributed by atoms with Gasteiger partial charge >= 0.3 is 0 Å². The molecular weight excluding hydrogens is 190 g/mol. The monoisotopic (exact) mass is 203 g/mol. The van der Waals surface area contributed by atoms with Crippen LogP contribution >= 0.6 is 0 Å². The van der Waals surface area contributed by atoms with Gasteiger partial charge in [0.1, 0.15) is 11.1 Å². The topological polar surface area (TPSA) is 50.8 Å². The van der Waals surface area contributed by atoms with E-state index in [9.17, 15) is 0 Å². The van der Waals surface area contributed by atoms with E-state index in [1.165, 1.54) is 0 Å². The molecule has 0 radical (unpaired) electrons. The summed E-state index contributed by atoms with van der Waals surface area (Å²) in [7, 11) is 0. The average Bonchev–Trinajstić information content (AvgIpc) is 2.82. The summed E-state index contributed by atoms with van der Waals surface area (Å²) in [6, 6.07) is 1.96. The van der Waals surface area contributed by atoms with E-state index in [0.29, 0.717) is 5.88 Å². The fourth-order valence-corrected chi connectivity index (χ4v) is 1.61. The number of aromatic amines is 1. The van der Waals surface area contributed by atoms with Gasteiger partial charge in [-0.1, -0.05) is 0 Å². The minimum Gasteiger partial charge on any atom is -0.471 e. The lowest BCUT2D eigenvalue weighted by Crippen LogP contribution is -2.12. The van der Waals surface area contributed by atoms with Crippen molar-refractivity contribution in [3.05, 3.63) is 18.0 Å². The number of fused-ring (bicyclic) bond motifs is 1. The van der Waals surface area contributed by atoms with Crippen molar-refractivity contribution in [2.75, 3.05) is 0 Å². The lowest BCUT2D eigenvalue weighted by atomic mass is 10.2. The van der Waals surface area contributed by atoms with Gasteiger partial charge in [0.15, 0.2) is 0 Å². The summed E-state index contributed by atoms with van der Waals surface area (Å²) >= 11 is 0. The standard InChI is InChI=1S/C11H13N3O/c1-7-8-5-10(15-11(2)3-4-11)12-6-9(8)14-13-7/h5-6H,3-4H2,1-2H3,(H,13,14). The molecule has 0 saturated heterocycles. The van der Waals surface area contributed by atoms with E-state index in [2.05, 4.69) is 22.1 Å². The van der Waals surface area contributed by atoms with Gasteiger partial charge in [-0.15, -0.1) is 0 Å². The van der Waals surface area contributed by atoms with Crippen LogP contribution in [0.3, 0.4) is 0 Å². The van der Waals surface area contributed by atoms with E-state index in [1.807, 2.05) is 13.0 Å². The zero-order valence-corrected chi connectivity index (χ0v) is 8.87. The number of nitrogens with zero attached hydrogens (tertiary/aromatic N) is 2. The molecule has 2 aromatic rings. The smallest absolute Gasteiger partial charge is 0.214 e. The minimum absolute atomic E-state index is 0.0261. The number of rotatable bonds is 2. The first kappa shape index (κ1) is 8.71. The first-order valence-corrected chi connectivity index (χ1v) is 5.16. The highest BCUT2D eigenvalue weighted by Crippen LogP contribution is 2.39. The van der Waals surface area contributed by atoms with E-state index in [-0.39, 0.29) is 5.60 Å². The van der Waals surface area contributed by atoms with Gasteiger partial charge in [-0.25, -0.2) is 4.98 Å². The molecule has 1 saturated carbocycles. The van der Waals surface area contributed by atoms with Crippen LogP contribution in [-0.4, -0.2) is 20.8 Å². The molecule has 4 nitrogen and oxygen atoms in total. The quantitative estimate of drug-likeness (QED) is 0.814. The van der Waals surface area contributed by atoms with Gasteiger partial charge < -0.3 is 4.74 Å². The highest BCUT2D eigenvalue weighted by molar-refractivity contribution is 5.81. The zero-order valence-electron chi connectivity index (χ0n) is 8.87. The van der Waals surface area contributed by atoms with Crippen LogP contribution in [-0.2, 0) is 0 Å². The Hall–Kier alpha value is -1.58. The fraction of sp³-hybridized carbons (Fsp3) is 0.455. The first-order chi connectivity index (χ1) is 7.16. The van der Waals surface area contributed by atoms with Gasteiger partial charge in [0.05, 0.1) is 6.20 Å². The van der Waals surface area contributed by atoms with Crippen LogP contribution in [0.2, 0.25) is 0 Å². The molecule has 78 valence electrons. The molecule has 0 aliphatic heterocycles. The molecule has 0 aromatic carbocycles. The third kappa shape index (κ3) is 1.46. The summed E-state index contributed by atoms with van der Waals surface area (Å²) in [6.45, 7) is 4.11. The van der Waals surface area contributed by atoms with Crippen molar-refractivity contribution in [2.45, 2.75) is 32.3 Å². The molecule has 0 spiro atoms. The summed E-state index contributed by atoms with van der Waals surface area (Å²) in [5.74, 6) is 0.701. The maximum Gasteiger partial charge on any atom is 0.214 e. The maximum absolute atomic E-state index is 5.79. The summed E-state index contributed by atoms with van der Waals surface area (Å²) in [4.78, 5) is 4.24. The predicted molar refractivity (Wildman–Crippen MR) is 56.9 cm³/mol.